The summed E-state index contributed by atoms with van der Waals surface area (Å²) in [5.41, 5.74) is 5.59. The number of rotatable bonds is 17. The summed E-state index contributed by atoms with van der Waals surface area (Å²) >= 11 is 0. The highest BCUT2D eigenvalue weighted by atomic mass is 16.7. The molecule has 0 saturated carbocycles. The van der Waals surface area contributed by atoms with Crippen molar-refractivity contribution in [3.05, 3.63) is 204 Å². The van der Waals surface area contributed by atoms with Crippen molar-refractivity contribution in [2.24, 2.45) is 0 Å². The van der Waals surface area contributed by atoms with E-state index >= 15 is 0 Å². The lowest BCUT2D eigenvalue weighted by Gasteiger charge is -2.34. The molecule has 0 bridgehead atoms. The largest absolute Gasteiger partial charge is 0.493 e. The van der Waals surface area contributed by atoms with Crippen LogP contribution in [0.15, 0.2) is 176 Å². The third-order valence-corrected chi connectivity index (χ3v) is 9.05. The van der Waals surface area contributed by atoms with Gasteiger partial charge in [-0.2, -0.15) is 0 Å². The molecule has 286 valence electrons. The molecule has 7 rings (SSSR count). The average molecular weight is 743 g/mol. The Balaban J connectivity index is 0.000000193. The Morgan fingerprint density at radius 1 is 0.418 bits per heavy atom. The zero-order chi connectivity index (χ0) is 37.8. The van der Waals surface area contributed by atoms with Gasteiger partial charge in [0.15, 0.2) is 0 Å². The fourth-order valence-electron chi connectivity index (χ4n) is 6.10. The van der Waals surface area contributed by atoms with E-state index < -0.39 is 6.29 Å². The first-order valence-electron chi connectivity index (χ1n) is 18.7. The van der Waals surface area contributed by atoms with Gasteiger partial charge in [0.2, 0.25) is 6.29 Å². The van der Waals surface area contributed by atoms with E-state index in [-0.39, 0.29) is 30.5 Å². The van der Waals surface area contributed by atoms with Gasteiger partial charge in [-0.15, -0.1) is 0 Å². The highest BCUT2D eigenvalue weighted by Crippen LogP contribution is 2.24. The Kier molecular flexibility index (Phi) is 16.1. The molecule has 2 aliphatic heterocycles. The Morgan fingerprint density at radius 3 is 1.22 bits per heavy atom. The summed E-state index contributed by atoms with van der Waals surface area (Å²) in [7, 11) is 1.61. The lowest BCUT2D eigenvalue weighted by molar-refractivity contribution is -0.213. The van der Waals surface area contributed by atoms with E-state index in [1.807, 2.05) is 127 Å². The van der Waals surface area contributed by atoms with Gasteiger partial charge < -0.3 is 37.9 Å². The molecule has 0 fully saturated rings. The van der Waals surface area contributed by atoms with Crippen LogP contribution in [0.4, 0.5) is 0 Å². The minimum Gasteiger partial charge on any atom is -0.493 e. The third-order valence-electron chi connectivity index (χ3n) is 9.05. The molecule has 0 aliphatic carbocycles. The van der Waals surface area contributed by atoms with Gasteiger partial charge in [-0.1, -0.05) is 152 Å². The molecule has 2 heterocycles. The highest BCUT2D eigenvalue weighted by molar-refractivity contribution is 5.17. The van der Waals surface area contributed by atoms with Gasteiger partial charge in [-0.25, -0.2) is 0 Å². The van der Waals surface area contributed by atoms with Crippen molar-refractivity contribution in [3.8, 4) is 0 Å². The molecule has 0 radical (unpaired) electrons. The van der Waals surface area contributed by atoms with Crippen LogP contribution < -0.4 is 0 Å². The highest BCUT2D eigenvalue weighted by Gasteiger charge is 2.35. The van der Waals surface area contributed by atoms with Gasteiger partial charge in [0.25, 0.3) is 0 Å². The zero-order valence-electron chi connectivity index (χ0n) is 31.2. The number of benzene rings is 5. The number of ether oxygens (including phenoxy) is 8. The second-order valence-corrected chi connectivity index (χ2v) is 13.1. The van der Waals surface area contributed by atoms with Gasteiger partial charge in [0.05, 0.1) is 52.2 Å². The van der Waals surface area contributed by atoms with Crippen LogP contribution in [0.1, 0.15) is 27.8 Å². The number of hydrogen-bond acceptors (Lipinski definition) is 8. The van der Waals surface area contributed by atoms with Crippen LogP contribution in [-0.4, -0.2) is 50.5 Å². The summed E-state index contributed by atoms with van der Waals surface area (Å²) < 4.78 is 47.3. The average Bonchev–Trinajstić information content (AvgIpc) is 3.26. The molecule has 0 aromatic heterocycles. The number of methoxy groups -OCH3 is 1. The van der Waals surface area contributed by atoms with E-state index in [2.05, 4.69) is 36.4 Å². The smallest absolute Gasteiger partial charge is 0.228 e. The van der Waals surface area contributed by atoms with E-state index in [0.717, 1.165) is 27.8 Å². The van der Waals surface area contributed by atoms with Crippen molar-refractivity contribution >= 4 is 0 Å². The van der Waals surface area contributed by atoms with Crippen LogP contribution in [0.3, 0.4) is 0 Å². The molecule has 55 heavy (non-hydrogen) atoms. The van der Waals surface area contributed by atoms with E-state index in [1.165, 1.54) is 0 Å². The van der Waals surface area contributed by atoms with Crippen molar-refractivity contribution in [3.63, 3.8) is 0 Å². The summed E-state index contributed by atoms with van der Waals surface area (Å²) in [5, 5.41) is 0. The predicted molar refractivity (Wildman–Crippen MR) is 211 cm³/mol. The fraction of sp³-hybridized carbons (Fsp3) is 0.277. The summed E-state index contributed by atoms with van der Waals surface area (Å²) in [5.74, 6) is 0. The molecule has 0 spiro atoms. The number of hydrogen-bond donors (Lipinski definition) is 0. The minimum atomic E-state index is -0.487. The second-order valence-electron chi connectivity index (χ2n) is 13.1. The molecule has 8 heteroatoms. The Morgan fingerprint density at radius 2 is 0.782 bits per heavy atom. The summed E-state index contributed by atoms with van der Waals surface area (Å²) in [6.07, 6.45) is 5.32. The predicted octanol–water partition coefficient (Wildman–Crippen LogP) is 8.96. The SMILES string of the molecule is C1=C[C@@H](OCc2ccccc2)[C@H](OCc2ccccc2)[C@@H](COCc2ccccc2)O1.CO[C@H]1OC=C[C@H](OCc2ccccc2)[C@H]1OCc1ccccc1. The molecular weight excluding hydrogens is 693 g/mol. The first kappa shape index (κ1) is 39.6. The van der Waals surface area contributed by atoms with Crippen LogP contribution >= 0.6 is 0 Å². The lowest BCUT2D eigenvalue weighted by Crippen LogP contribution is -2.45. The Labute approximate surface area is 324 Å². The Hall–Kier alpha value is -5.06. The normalized spacial score (nSPS) is 21.5. The molecule has 8 nitrogen and oxygen atoms in total. The van der Waals surface area contributed by atoms with Gasteiger partial charge >= 0.3 is 0 Å². The quantitative estimate of drug-likeness (QED) is 0.0936. The lowest BCUT2D eigenvalue weighted by atomic mass is 10.1. The molecular formula is C47H50O8. The monoisotopic (exact) mass is 742 g/mol. The summed E-state index contributed by atoms with van der Waals surface area (Å²) in [6, 6.07) is 50.5. The first-order valence-corrected chi connectivity index (χ1v) is 18.7. The maximum Gasteiger partial charge on any atom is 0.228 e. The molecule has 0 N–H and O–H groups in total. The molecule has 6 atom stereocenters. The van der Waals surface area contributed by atoms with Gasteiger partial charge in [-0.3, -0.25) is 0 Å². The maximum absolute atomic E-state index is 6.30. The maximum atomic E-state index is 6.30. The van der Waals surface area contributed by atoms with E-state index in [0.29, 0.717) is 39.6 Å². The Bertz CT molecular complexity index is 1810. The molecule has 0 unspecified atom stereocenters. The molecule has 0 saturated heterocycles. The van der Waals surface area contributed by atoms with E-state index in [4.69, 9.17) is 37.9 Å². The zero-order valence-corrected chi connectivity index (χ0v) is 31.2. The van der Waals surface area contributed by atoms with Gasteiger partial charge in [0.1, 0.15) is 30.5 Å². The molecule has 2 aliphatic rings. The summed E-state index contributed by atoms with van der Waals surface area (Å²) in [4.78, 5) is 0. The molecule has 5 aromatic rings. The topological polar surface area (TPSA) is 73.8 Å². The van der Waals surface area contributed by atoms with Crippen LogP contribution in [0, 0.1) is 0 Å². The minimum absolute atomic E-state index is 0.219. The third kappa shape index (κ3) is 13.0. The van der Waals surface area contributed by atoms with Crippen LogP contribution in [0.2, 0.25) is 0 Å². The van der Waals surface area contributed by atoms with Crippen molar-refractivity contribution in [1.29, 1.82) is 0 Å². The van der Waals surface area contributed by atoms with Gasteiger partial charge in [-0.05, 0) is 40.0 Å². The van der Waals surface area contributed by atoms with E-state index in [9.17, 15) is 0 Å². The van der Waals surface area contributed by atoms with Gasteiger partial charge in [0, 0.05) is 7.11 Å². The standard InChI is InChI=1S/C27H28O4.C20H22O4/c1-4-10-22(11-5-1)18-28-21-26-27(31-20-24-14-8-3-9-15-24)25(16-17-29-26)30-19-23-12-6-2-7-13-23;1-21-20-19(24-15-17-10-6-3-7-11-17)18(12-13-22-20)23-14-16-8-4-2-5-9-16/h1-17,25-27H,18-21H2;2-13,18-20H,14-15H2,1H3/t25-,26-,27+;18-,19+,20-/m10/s1. The van der Waals surface area contributed by atoms with Crippen LogP contribution in [-0.2, 0) is 70.9 Å². The first-order chi connectivity index (χ1) is 27.2. The molecule has 5 aromatic carbocycles. The van der Waals surface area contributed by atoms with Crippen LogP contribution in [0.25, 0.3) is 0 Å². The van der Waals surface area contributed by atoms with Crippen molar-refractivity contribution in [2.45, 2.75) is 69.8 Å². The fourth-order valence-corrected chi connectivity index (χ4v) is 6.10. The van der Waals surface area contributed by atoms with E-state index in [1.54, 1.807) is 19.6 Å². The van der Waals surface area contributed by atoms with Crippen LogP contribution in [0.5, 0.6) is 0 Å². The van der Waals surface area contributed by atoms with Crippen molar-refractivity contribution in [2.75, 3.05) is 13.7 Å². The van der Waals surface area contributed by atoms with Crippen molar-refractivity contribution < 1.29 is 37.9 Å². The van der Waals surface area contributed by atoms with Crippen molar-refractivity contribution in [1.82, 2.24) is 0 Å². The second kappa shape index (κ2) is 22.4. The molecule has 0 amide bonds. The summed E-state index contributed by atoms with van der Waals surface area (Å²) in [6.45, 7) is 2.95.